The molecule has 0 spiro atoms. The molecule has 0 aliphatic rings. The normalized spacial score (nSPS) is 11.7. The number of benzene rings is 1. The van der Waals surface area contributed by atoms with Gasteiger partial charge < -0.3 is 4.52 Å². The first-order valence-corrected chi connectivity index (χ1v) is 7.37. The molecule has 6 nitrogen and oxygen atoms in total. The molecular formula is C12H15N3O3S. The Kier molecular flexibility index (Phi) is 3.96. The fraction of sp³-hybridized carbons (Fsp3) is 0.333. The maximum atomic E-state index is 11.8. The van der Waals surface area contributed by atoms with Gasteiger partial charge >= 0.3 is 0 Å². The summed E-state index contributed by atoms with van der Waals surface area (Å²) in [6, 6.07) is 6.61. The van der Waals surface area contributed by atoms with E-state index >= 15 is 0 Å². The molecule has 0 aliphatic carbocycles. The lowest BCUT2D eigenvalue weighted by Gasteiger charge is -2.05. The van der Waals surface area contributed by atoms with Gasteiger partial charge in [-0.15, -0.1) is 0 Å². The highest BCUT2D eigenvalue weighted by molar-refractivity contribution is 7.89. The topological polar surface area (TPSA) is 85.1 Å². The van der Waals surface area contributed by atoms with E-state index in [4.69, 9.17) is 4.52 Å². The van der Waals surface area contributed by atoms with E-state index in [-0.39, 0.29) is 4.90 Å². The van der Waals surface area contributed by atoms with Crippen molar-refractivity contribution in [3.05, 3.63) is 41.5 Å². The number of sulfonamides is 1. The summed E-state index contributed by atoms with van der Waals surface area (Å²) in [5.74, 6) is 1.10. The Morgan fingerprint density at radius 1 is 1.26 bits per heavy atom. The number of aromatic nitrogens is 2. The zero-order valence-electron chi connectivity index (χ0n) is 10.8. The van der Waals surface area contributed by atoms with Crippen LogP contribution in [0.25, 0.3) is 0 Å². The molecule has 1 heterocycles. The van der Waals surface area contributed by atoms with Gasteiger partial charge in [0.05, 0.1) is 11.3 Å². The van der Waals surface area contributed by atoms with Gasteiger partial charge in [0.15, 0.2) is 5.82 Å². The van der Waals surface area contributed by atoms with Crippen molar-refractivity contribution in [2.45, 2.75) is 25.2 Å². The Labute approximate surface area is 111 Å². The standard InChI is InChI=1S/C12H15N3O3S/c1-3-13-19(16,17)11-6-4-10(5-7-11)8-12-14-9(2)15-18-12/h4-7,13H,3,8H2,1-2H3. The van der Waals surface area contributed by atoms with Crippen LogP contribution in [0, 0.1) is 6.92 Å². The quantitative estimate of drug-likeness (QED) is 0.892. The Hall–Kier alpha value is -1.73. The average Bonchev–Trinajstić information content (AvgIpc) is 2.75. The van der Waals surface area contributed by atoms with Crippen LogP contribution in [0.2, 0.25) is 0 Å². The van der Waals surface area contributed by atoms with Crippen molar-refractivity contribution in [2.75, 3.05) is 6.54 Å². The van der Waals surface area contributed by atoms with Crippen LogP contribution in [-0.2, 0) is 16.4 Å². The third-order valence-corrected chi connectivity index (χ3v) is 4.05. The Bertz CT molecular complexity index is 647. The molecule has 0 saturated heterocycles. The van der Waals surface area contributed by atoms with Gasteiger partial charge in [-0.25, -0.2) is 13.1 Å². The Balaban J connectivity index is 2.15. The second-order valence-corrected chi connectivity index (χ2v) is 5.82. The molecule has 0 aliphatic heterocycles. The Morgan fingerprint density at radius 2 is 1.95 bits per heavy atom. The van der Waals surface area contributed by atoms with Crippen molar-refractivity contribution in [3.8, 4) is 0 Å². The predicted octanol–water partition coefficient (Wildman–Crippen LogP) is 1.27. The molecule has 2 rings (SSSR count). The minimum Gasteiger partial charge on any atom is -0.339 e. The van der Waals surface area contributed by atoms with Crippen LogP contribution in [0.15, 0.2) is 33.7 Å². The molecule has 19 heavy (non-hydrogen) atoms. The summed E-state index contributed by atoms with van der Waals surface area (Å²) in [4.78, 5) is 4.35. The van der Waals surface area contributed by atoms with Crippen LogP contribution in [0.4, 0.5) is 0 Å². The van der Waals surface area contributed by atoms with Gasteiger partial charge in [0, 0.05) is 6.54 Å². The summed E-state index contributed by atoms with van der Waals surface area (Å²) < 4.78 is 31.0. The smallest absolute Gasteiger partial charge is 0.240 e. The molecule has 0 bridgehead atoms. The molecule has 2 aromatic rings. The molecule has 0 unspecified atom stereocenters. The maximum absolute atomic E-state index is 11.8. The van der Waals surface area contributed by atoms with Crippen LogP contribution < -0.4 is 4.72 Å². The van der Waals surface area contributed by atoms with E-state index in [1.807, 2.05) is 0 Å². The van der Waals surface area contributed by atoms with Crippen molar-refractivity contribution < 1.29 is 12.9 Å². The van der Waals surface area contributed by atoms with E-state index in [9.17, 15) is 8.42 Å². The molecule has 1 aromatic heterocycles. The third kappa shape index (κ3) is 3.39. The fourth-order valence-corrected chi connectivity index (χ4v) is 2.69. The summed E-state index contributed by atoms with van der Waals surface area (Å²) in [6.07, 6.45) is 0.488. The van der Waals surface area contributed by atoms with Crippen molar-refractivity contribution in [1.29, 1.82) is 0 Å². The largest absolute Gasteiger partial charge is 0.339 e. The number of aryl methyl sites for hydroxylation is 1. The van der Waals surface area contributed by atoms with Crippen molar-refractivity contribution in [3.63, 3.8) is 0 Å². The van der Waals surface area contributed by atoms with Crippen LogP contribution in [-0.4, -0.2) is 25.1 Å². The third-order valence-electron chi connectivity index (χ3n) is 2.49. The highest BCUT2D eigenvalue weighted by Crippen LogP contribution is 2.13. The maximum Gasteiger partial charge on any atom is 0.240 e. The van der Waals surface area contributed by atoms with Crippen molar-refractivity contribution in [2.24, 2.45) is 0 Å². The number of rotatable bonds is 5. The Morgan fingerprint density at radius 3 is 2.47 bits per heavy atom. The first-order valence-electron chi connectivity index (χ1n) is 5.89. The minimum atomic E-state index is -3.40. The van der Waals surface area contributed by atoms with Crippen LogP contribution in [0.5, 0.6) is 0 Å². The number of nitrogens with one attached hydrogen (secondary N) is 1. The van der Waals surface area contributed by atoms with E-state index in [1.54, 1.807) is 38.1 Å². The number of nitrogens with zero attached hydrogens (tertiary/aromatic N) is 2. The summed E-state index contributed by atoms with van der Waals surface area (Å²) in [6.45, 7) is 3.86. The molecule has 0 radical (unpaired) electrons. The highest BCUT2D eigenvalue weighted by Gasteiger charge is 2.12. The van der Waals surface area contributed by atoms with E-state index in [2.05, 4.69) is 14.9 Å². The van der Waals surface area contributed by atoms with E-state index < -0.39 is 10.0 Å². The first kappa shape index (κ1) is 13.7. The fourth-order valence-electron chi connectivity index (χ4n) is 1.65. The molecule has 1 aromatic carbocycles. The summed E-state index contributed by atoms with van der Waals surface area (Å²) in [7, 11) is -3.40. The lowest BCUT2D eigenvalue weighted by atomic mass is 10.1. The van der Waals surface area contributed by atoms with Gasteiger partial charge in [-0.2, -0.15) is 4.98 Å². The van der Waals surface area contributed by atoms with E-state index in [0.717, 1.165) is 5.56 Å². The lowest BCUT2D eigenvalue weighted by molar-refractivity contribution is 0.381. The van der Waals surface area contributed by atoms with Crippen LogP contribution in [0.3, 0.4) is 0 Å². The van der Waals surface area contributed by atoms with Crippen LogP contribution >= 0.6 is 0 Å². The SMILES string of the molecule is CCNS(=O)(=O)c1ccc(Cc2nc(C)no2)cc1. The van der Waals surface area contributed by atoms with Gasteiger partial charge in [0.2, 0.25) is 15.9 Å². The lowest BCUT2D eigenvalue weighted by Crippen LogP contribution is -2.23. The first-order chi connectivity index (χ1) is 9.01. The molecule has 7 heteroatoms. The van der Waals surface area contributed by atoms with E-state index in [1.165, 1.54) is 0 Å². The molecular weight excluding hydrogens is 266 g/mol. The van der Waals surface area contributed by atoms with Crippen LogP contribution in [0.1, 0.15) is 24.2 Å². The summed E-state index contributed by atoms with van der Waals surface area (Å²) in [5, 5.41) is 3.70. The summed E-state index contributed by atoms with van der Waals surface area (Å²) >= 11 is 0. The molecule has 1 N–H and O–H groups in total. The number of hydrogen-bond acceptors (Lipinski definition) is 5. The van der Waals surface area contributed by atoms with Crippen molar-refractivity contribution in [1.82, 2.24) is 14.9 Å². The second-order valence-electron chi connectivity index (χ2n) is 4.06. The van der Waals surface area contributed by atoms with Gasteiger partial charge in [-0.3, -0.25) is 0 Å². The van der Waals surface area contributed by atoms with Crippen molar-refractivity contribution >= 4 is 10.0 Å². The van der Waals surface area contributed by atoms with E-state index in [0.29, 0.717) is 24.7 Å². The molecule has 0 saturated carbocycles. The van der Waals surface area contributed by atoms with Gasteiger partial charge in [0.25, 0.3) is 0 Å². The minimum absolute atomic E-state index is 0.250. The van der Waals surface area contributed by atoms with Gasteiger partial charge in [0.1, 0.15) is 0 Å². The van der Waals surface area contributed by atoms with Gasteiger partial charge in [-0.1, -0.05) is 24.2 Å². The zero-order valence-corrected chi connectivity index (χ0v) is 11.6. The zero-order chi connectivity index (χ0) is 13.9. The molecule has 0 amide bonds. The molecule has 0 atom stereocenters. The summed E-state index contributed by atoms with van der Waals surface area (Å²) in [5.41, 5.74) is 0.916. The average molecular weight is 281 g/mol. The number of hydrogen-bond donors (Lipinski definition) is 1. The second kappa shape index (κ2) is 5.50. The van der Waals surface area contributed by atoms with Gasteiger partial charge in [-0.05, 0) is 24.6 Å². The highest BCUT2D eigenvalue weighted by atomic mass is 32.2. The molecule has 0 fully saturated rings. The predicted molar refractivity (Wildman–Crippen MR) is 69.1 cm³/mol. The molecule has 102 valence electrons. The monoisotopic (exact) mass is 281 g/mol.